The van der Waals surface area contributed by atoms with Gasteiger partial charge in [-0.25, -0.2) is 0 Å². The molecule has 0 spiro atoms. The molecular formula is C18H24N6O2S2. The van der Waals surface area contributed by atoms with E-state index >= 15 is 0 Å². The summed E-state index contributed by atoms with van der Waals surface area (Å²) in [5.74, 6) is 0.363. The van der Waals surface area contributed by atoms with Crippen molar-refractivity contribution in [1.82, 2.24) is 20.0 Å². The third-order valence-corrected chi connectivity index (χ3v) is 6.45. The molecule has 3 N–H and O–H groups in total. The largest absolute Gasteiger partial charge is 0.374 e. The molecular weight excluding hydrogens is 396 g/mol. The Balaban J connectivity index is 1.42. The molecule has 1 saturated heterocycles. The van der Waals surface area contributed by atoms with E-state index in [1.807, 2.05) is 36.9 Å². The Morgan fingerprint density at radius 2 is 1.86 bits per heavy atom. The lowest BCUT2D eigenvalue weighted by Crippen LogP contribution is -2.50. The van der Waals surface area contributed by atoms with Crippen molar-refractivity contribution in [3.63, 3.8) is 0 Å². The summed E-state index contributed by atoms with van der Waals surface area (Å²) >= 11 is 2.64. The van der Waals surface area contributed by atoms with Gasteiger partial charge >= 0.3 is 0 Å². The highest BCUT2D eigenvalue weighted by atomic mass is 32.2. The third-order valence-electron chi connectivity index (χ3n) is 4.58. The standard InChI is InChI=1S/C18H24N6O2S2/c1-12-4-3-5-13(2)16(12)20-14(25)10-23-6-8-24(9-7-23)15(26)11-27-18-22-21-17(19)28-18/h3-5H,6-11H2,1-2H3,(H2,19,21)(H,20,25). The van der Waals surface area contributed by atoms with Crippen molar-refractivity contribution in [1.29, 1.82) is 0 Å². The summed E-state index contributed by atoms with van der Waals surface area (Å²) in [6.07, 6.45) is 0. The van der Waals surface area contributed by atoms with Gasteiger partial charge < -0.3 is 16.0 Å². The zero-order valence-electron chi connectivity index (χ0n) is 16.0. The SMILES string of the molecule is Cc1cccc(C)c1NC(=O)CN1CCN(C(=O)CSc2nnc(N)s2)CC1. The predicted molar refractivity (Wildman–Crippen MR) is 113 cm³/mol. The number of benzene rings is 1. The first-order valence-electron chi connectivity index (χ1n) is 9.00. The van der Waals surface area contributed by atoms with E-state index in [2.05, 4.69) is 20.4 Å². The maximum absolute atomic E-state index is 12.4. The Labute approximate surface area is 172 Å². The zero-order chi connectivity index (χ0) is 20.1. The van der Waals surface area contributed by atoms with Crippen LogP contribution in [0.5, 0.6) is 0 Å². The van der Waals surface area contributed by atoms with Gasteiger partial charge in [-0.15, -0.1) is 10.2 Å². The monoisotopic (exact) mass is 420 g/mol. The topological polar surface area (TPSA) is 104 Å². The van der Waals surface area contributed by atoms with Gasteiger partial charge in [0.15, 0.2) is 4.34 Å². The molecule has 0 atom stereocenters. The van der Waals surface area contributed by atoms with Crippen LogP contribution in [0.15, 0.2) is 22.5 Å². The Morgan fingerprint density at radius 3 is 2.46 bits per heavy atom. The lowest BCUT2D eigenvalue weighted by molar-refractivity contribution is -0.130. The van der Waals surface area contributed by atoms with Crippen LogP contribution in [0.3, 0.4) is 0 Å². The molecule has 2 heterocycles. The summed E-state index contributed by atoms with van der Waals surface area (Å²) in [5, 5.41) is 11.1. The fourth-order valence-electron chi connectivity index (χ4n) is 3.04. The maximum Gasteiger partial charge on any atom is 0.238 e. The fourth-order valence-corrected chi connectivity index (χ4v) is 4.58. The van der Waals surface area contributed by atoms with Crippen molar-refractivity contribution in [2.24, 2.45) is 0 Å². The van der Waals surface area contributed by atoms with Crippen molar-refractivity contribution >= 4 is 45.7 Å². The Morgan fingerprint density at radius 1 is 1.18 bits per heavy atom. The van der Waals surface area contributed by atoms with Crippen LogP contribution < -0.4 is 11.1 Å². The van der Waals surface area contributed by atoms with E-state index in [1.165, 1.54) is 23.1 Å². The number of nitrogens with zero attached hydrogens (tertiary/aromatic N) is 4. The van der Waals surface area contributed by atoms with Gasteiger partial charge in [0, 0.05) is 31.9 Å². The molecule has 0 radical (unpaired) electrons. The Hall–Kier alpha value is -2.17. The number of carbonyl (C=O) groups excluding carboxylic acids is 2. The van der Waals surface area contributed by atoms with E-state index in [9.17, 15) is 9.59 Å². The number of nitrogen functional groups attached to an aromatic ring is 1. The van der Waals surface area contributed by atoms with Crippen LogP contribution in [0.4, 0.5) is 10.8 Å². The molecule has 8 nitrogen and oxygen atoms in total. The quantitative estimate of drug-likeness (QED) is 0.684. The summed E-state index contributed by atoms with van der Waals surface area (Å²) in [5.41, 5.74) is 8.54. The number of rotatable bonds is 6. The number of anilines is 2. The van der Waals surface area contributed by atoms with Crippen molar-refractivity contribution in [3.05, 3.63) is 29.3 Å². The van der Waals surface area contributed by atoms with E-state index in [1.54, 1.807) is 0 Å². The molecule has 0 bridgehead atoms. The van der Waals surface area contributed by atoms with E-state index in [4.69, 9.17) is 5.73 Å². The van der Waals surface area contributed by atoms with Gasteiger partial charge in [0.25, 0.3) is 0 Å². The Bertz CT molecular complexity index is 828. The first-order valence-corrected chi connectivity index (χ1v) is 10.8. The molecule has 1 aliphatic heterocycles. The van der Waals surface area contributed by atoms with Crippen molar-refractivity contribution < 1.29 is 9.59 Å². The highest BCUT2D eigenvalue weighted by molar-refractivity contribution is 8.01. The van der Waals surface area contributed by atoms with Gasteiger partial charge in [0.05, 0.1) is 12.3 Å². The molecule has 0 unspecified atom stereocenters. The third kappa shape index (κ3) is 5.43. The second kappa shape index (κ2) is 9.35. The number of hydrogen-bond acceptors (Lipinski definition) is 8. The maximum atomic E-state index is 12.4. The lowest BCUT2D eigenvalue weighted by Gasteiger charge is -2.34. The van der Waals surface area contributed by atoms with Gasteiger partial charge in [-0.3, -0.25) is 14.5 Å². The van der Waals surface area contributed by atoms with Crippen LogP contribution >= 0.6 is 23.1 Å². The number of carbonyl (C=O) groups is 2. The molecule has 2 aromatic rings. The number of thioether (sulfide) groups is 1. The number of para-hydroxylation sites is 1. The van der Waals surface area contributed by atoms with Crippen molar-refractivity contribution in [2.75, 3.05) is 49.5 Å². The predicted octanol–water partition coefficient (Wildman–Crippen LogP) is 1.61. The van der Waals surface area contributed by atoms with Crippen molar-refractivity contribution in [2.45, 2.75) is 18.2 Å². The first kappa shape index (κ1) is 20.6. The van der Waals surface area contributed by atoms with E-state index < -0.39 is 0 Å². The lowest BCUT2D eigenvalue weighted by atomic mass is 10.1. The van der Waals surface area contributed by atoms with E-state index in [0.29, 0.717) is 47.9 Å². The molecule has 3 rings (SSSR count). The van der Waals surface area contributed by atoms with Gasteiger partial charge in [-0.2, -0.15) is 0 Å². The summed E-state index contributed by atoms with van der Waals surface area (Å²) in [6.45, 7) is 6.91. The van der Waals surface area contributed by atoms with E-state index in [0.717, 1.165) is 16.8 Å². The van der Waals surface area contributed by atoms with Crippen LogP contribution in [0.1, 0.15) is 11.1 Å². The smallest absolute Gasteiger partial charge is 0.238 e. The van der Waals surface area contributed by atoms with Crippen LogP contribution in [-0.2, 0) is 9.59 Å². The number of hydrogen-bond donors (Lipinski definition) is 2. The molecule has 150 valence electrons. The molecule has 0 saturated carbocycles. The molecule has 1 aromatic carbocycles. The molecule has 1 fully saturated rings. The van der Waals surface area contributed by atoms with Gasteiger partial charge in [-0.05, 0) is 25.0 Å². The normalized spacial score (nSPS) is 14.9. The fraction of sp³-hybridized carbons (Fsp3) is 0.444. The number of aryl methyl sites for hydroxylation is 2. The average Bonchev–Trinajstić information content (AvgIpc) is 3.09. The van der Waals surface area contributed by atoms with E-state index in [-0.39, 0.29) is 11.8 Å². The number of nitrogens with two attached hydrogens (primary N) is 1. The van der Waals surface area contributed by atoms with Crippen LogP contribution in [-0.4, -0.2) is 70.3 Å². The molecule has 0 aliphatic carbocycles. The molecule has 2 amide bonds. The highest BCUT2D eigenvalue weighted by Gasteiger charge is 2.23. The average molecular weight is 421 g/mol. The minimum atomic E-state index is -0.0263. The number of aromatic nitrogens is 2. The molecule has 1 aliphatic rings. The minimum Gasteiger partial charge on any atom is -0.374 e. The molecule has 28 heavy (non-hydrogen) atoms. The van der Waals surface area contributed by atoms with Gasteiger partial charge in [0.1, 0.15) is 0 Å². The minimum absolute atomic E-state index is 0.0263. The van der Waals surface area contributed by atoms with Crippen LogP contribution in [0.2, 0.25) is 0 Å². The summed E-state index contributed by atoms with van der Waals surface area (Å²) in [6, 6.07) is 5.96. The van der Waals surface area contributed by atoms with Crippen LogP contribution in [0, 0.1) is 13.8 Å². The summed E-state index contributed by atoms with van der Waals surface area (Å²) in [7, 11) is 0. The van der Waals surface area contributed by atoms with Crippen LogP contribution in [0.25, 0.3) is 0 Å². The molecule has 1 aromatic heterocycles. The van der Waals surface area contributed by atoms with Gasteiger partial charge in [0.2, 0.25) is 16.9 Å². The Kier molecular flexibility index (Phi) is 6.87. The second-order valence-electron chi connectivity index (χ2n) is 6.67. The number of piperazine rings is 1. The summed E-state index contributed by atoms with van der Waals surface area (Å²) < 4.78 is 0.702. The first-order chi connectivity index (χ1) is 13.4. The highest BCUT2D eigenvalue weighted by Crippen LogP contribution is 2.24. The number of nitrogens with one attached hydrogen (secondary N) is 1. The summed E-state index contributed by atoms with van der Waals surface area (Å²) in [4.78, 5) is 28.7. The zero-order valence-corrected chi connectivity index (χ0v) is 17.6. The van der Waals surface area contributed by atoms with Gasteiger partial charge in [-0.1, -0.05) is 41.3 Å². The number of amides is 2. The molecule has 10 heteroatoms. The second-order valence-corrected chi connectivity index (χ2v) is 8.90. The van der Waals surface area contributed by atoms with Crippen molar-refractivity contribution in [3.8, 4) is 0 Å².